The minimum Gasteiger partial charge on any atom is -0.382 e. The minimum atomic E-state index is 0.271. The van der Waals surface area contributed by atoms with E-state index >= 15 is 0 Å². The zero-order valence-electron chi connectivity index (χ0n) is 20.8. The van der Waals surface area contributed by atoms with Crippen LogP contribution < -0.4 is 5.32 Å². The molecule has 2 bridgehead atoms. The van der Waals surface area contributed by atoms with E-state index in [1.807, 2.05) is 16.6 Å². The van der Waals surface area contributed by atoms with Gasteiger partial charge in [0.05, 0.1) is 34.4 Å². The SMILES string of the molecule is CC(C)Nc1cc(-c2ccc3cc(C#N)cnn23)ccc1C1=NN=C(C23CCC(C)(CC2)CC3)C1. The first-order chi connectivity index (χ1) is 16.9. The van der Waals surface area contributed by atoms with Gasteiger partial charge in [0.2, 0.25) is 0 Å². The third-order valence-corrected chi connectivity index (χ3v) is 8.56. The maximum Gasteiger partial charge on any atom is 0.101 e. The van der Waals surface area contributed by atoms with Gasteiger partial charge in [-0.2, -0.15) is 20.6 Å². The van der Waals surface area contributed by atoms with E-state index in [4.69, 9.17) is 10.2 Å². The average Bonchev–Trinajstić information content (AvgIpc) is 3.52. The van der Waals surface area contributed by atoms with Crippen molar-refractivity contribution in [3.8, 4) is 17.3 Å². The molecule has 1 N–H and O–H groups in total. The third-order valence-electron chi connectivity index (χ3n) is 8.56. The zero-order valence-corrected chi connectivity index (χ0v) is 20.8. The molecule has 7 rings (SSSR count). The van der Waals surface area contributed by atoms with Crippen LogP contribution in [0.1, 0.15) is 76.8 Å². The molecule has 0 atom stereocenters. The number of fused-ring (bicyclic) bond motifs is 4. The van der Waals surface area contributed by atoms with Gasteiger partial charge < -0.3 is 5.32 Å². The number of anilines is 1. The Hall–Kier alpha value is -3.46. The average molecular weight is 465 g/mol. The first kappa shape index (κ1) is 22.0. The van der Waals surface area contributed by atoms with E-state index in [1.165, 1.54) is 44.2 Å². The van der Waals surface area contributed by atoms with Crippen molar-refractivity contribution in [2.75, 3.05) is 5.32 Å². The lowest BCUT2D eigenvalue weighted by atomic mass is 9.52. The molecule has 6 nitrogen and oxygen atoms in total. The molecule has 6 heteroatoms. The minimum absolute atomic E-state index is 0.271. The van der Waals surface area contributed by atoms with E-state index in [0.717, 1.165) is 40.2 Å². The molecule has 3 fully saturated rings. The third kappa shape index (κ3) is 3.74. The molecule has 0 amide bonds. The summed E-state index contributed by atoms with van der Waals surface area (Å²) in [5.74, 6) is 0. The number of nitriles is 1. The number of nitrogens with one attached hydrogen (secondary N) is 1. The highest BCUT2D eigenvalue weighted by Crippen LogP contribution is 2.58. The van der Waals surface area contributed by atoms with Crippen molar-refractivity contribution in [3.05, 3.63) is 53.7 Å². The molecule has 1 aliphatic heterocycles. The maximum atomic E-state index is 9.19. The van der Waals surface area contributed by atoms with Gasteiger partial charge in [0.25, 0.3) is 0 Å². The van der Waals surface area contributed by atoms with Gasteiger partial charge in [0.15, 0.2) is 0 Å². The Morgan fingerprint density at radius 2 is 1.77 bits per heavy atom. The fraction of sp³-hybridized carbons (Fsp3) is 0.448. The molecule has 0 radical (unpaired) electrons. The molecule has 0 unspecified atom stereocenters. The second-order valence-electron chi connectivity index (χ2n) is 11.3. The van der Waals surface area contributed by atoms with Crippen LogP contribution in [0.4, 0.5) is 5.69 Å². The van der Waals surface area contributed by atoms with Gasteiger partial charge in [-0.3, -0.25) is 0 Å². The van der Waals surface area contributed by atoms with Gasteiger partial charge in [0, 0.05) is 34.7 Å². The van der Waals surface area contributed by atoms with Crippen LogP contribution in [0, 0.1) is 22.2 Å². The highest BCUT2D eigenvalue weighted by Gasteiger charge is 2.49. The summed E-state index contributed by atoms with van der Waals surface area (Å²) in [5, 5.41) is 26.9. The van der Waals surface area contributed by atoms with Crippen LogP contribution in [-0.2, 0) is 0 Å². The second-order valence-corrected chi connectivity index (χ2v) is 11.3. The Morgan fingerprint density at radius 1 is 1.00 bits per heavy atom. The van der Waals surface area contributed by atoms with Gasteiger partial charge in [-0.25, -0.2) is 4.52 Å². The number of aromatic nitrogens is 2. The Bertz CT molecular complexity index is 1390. The summed E-state index contributed by atoms with van der Waals surface area (Å²) in [4.78, 5) is 0. The smallest absolute Gasteiger partial charge is 0.101 e. The number of hydrogen-bond donors (Lipinski definition) is 1. The quantitative estimate of drug-likeness (QED) is 0.462. The molecule has 1 aromatic carbocycles. The predicted octanol–water partition coefficient (Wildman–Crippen LogP) is 6.60. The Labute approximate surface area is 206 Å². The molecule has 3 saturated carbocycles. The van der Waals surface area contributed by atoms with E-state index < -0.39 is 0 Å². The Morgan fingerprint density at radius 3 is 2.49 bits per heavy atom. The molecule has 178 valence electrons. The van der Waals surface area contributed by atoms with E-state index in [1.54, 1.807) is 6.20 Å². The zero-order chi connectivity index (χ0) is 24.2. The lowest BCUT2D eigenvalue weighted by Gasteiger charge is -2.52. The van der Waals surface area contributed by atoms with Crippen LogP contribution in [0.25, 0.3) is 16.8 Å². The van der Waals surface area contributed by atoms with Crippen LogP contribution >= 0.6 is 0 Å². The molecule has 3 heterocycles. The Kier molecular flexibility index (Phi) is 5.07. The Balaban J connectivity index is 1.31. The first-order valence-electron chi connectivity index (χ1n) is 12.8. The molecular formula is C29H32N6. The number of hydrogen-bond acceptors (Lipinski definition) is 5. The van der Waals surface area contributed by atoms with Crippen molar-refractivity contribution in [2.45, 2.75) is 71.8 Å². The van der Waals surface area contributed by atoms with Gasteiger partial charge >= 0.3 is 0 Å². The highest BCUT2D eigenvalue weighted by atomic mass is 15.2. The van der Waals surface area contributed by atoms with E-state index in [9.17, 15) is 5.26 Å². The van der Waals surface area contributed by atoms with Crippen molar-refractivity contribution in [3.63, 3.8) is 0 Å². The molecule has 35 heavy (non-hydrogen) atoms. The summed E-state index contributed by atoms with van der Waals surface area (Å²) >= 11 is 0. The van der Waals surface area contributed by atoms with Gasteiger partial charge in [0.1, 0.15) is 6.07 Å². The second kappa shape index (κ2) is 8.05. The van der Waals surface area contributed by atoms with Crippen molar-refractivity contribution >= 4 is 22.6 Å². The monoisotopic (exact) mass is 464 g/mol. The summed E-state index contributed by atoms with van der Waals surface area (Å²) in [6.07, 6.45) is 10.2. The molecule has 3 aromatic rings. The summed E-state index contributed by atoms with van der Waals surface area (Å²) in [6.45, 7) is 6.78. The summed E-state index contributed by atoms with van der Waals surface area (Å²) in [6, 6.07) is 14.9. The molecule has 2 aromatic heterocycles. The predicted molar refractivity (Wildman–Crippen MR) is 141 cm³/mol. The largest absolute Gasteiger partial charge is 0.382 e. The van der Waals surface area contributed by atoms with Crippen LogP contribution in [0.15, 0.2) is 52.8 Å². The van der Waals surface area contributed by atoms with Crippen LogP contribution in [0.2, 0.25) is 0 Å². The van der Waals surface area contributed by atoms with Crippen LogP contribution in [0.3, 0.4) is 0 Å². The molecule has 4 aliphatic rings. The van der Waals surface area contributed by atoms with Gasteiger partial charge in [-0.15, -0.1) is 0 Å². The van der Waals surface area contributed by atoms with Crippen molar-refractivity contribution in [1.29, 1.82) is 5.26 Å². The lowest BCUT2D eigenvalue weighted by molar-refractivity contribution is 0.0480. The van der Waals surface area contributed by atoms with E-state index in [2.05, 4.69) is 61.5 Å². The van der Waals surface area contributed by atoms with Crippen molar-refractivity contribution in [1.82, 2.24) is 9.61 Å². The van der Waals surface area contributed by atoms with Crippen LogP contribution in [-0.4, -0.2) is 27.1 Å². The molecule has 0 saturated heterocycles. The number of rotatable bonds is 5. The van der Waals surface area contributed by atoms with Crippen molar-refractivity contribution < 1.29 is 0 Å². The number of nitrogens with zero attached hydrogens (tertiary/aromatic N) is 5. The maximum absolute atomic E-state index is 9.19. The fourth-order valence-corrected chi connectivity index (χ4v) is 6.26. The number of benzene rings is 1. The van der Waals surface area contributed by atoms with E-state index in [-0.39, 0.29) is 5.41 Å². The summed E-state index contributed by atoms with van der Waals surface area (Å²) < 4.78 is 1.89. The highest BCUT2D eigenvalue weighted by molar-refractivity contribution is 6.18. The fourth-order valence-electron chi connectivity index (χ4n) is 6.26. The summed E-state index contributed by atoms with van der Waals surface area (Å²) in [7, 11) is 0. The lowest BCUT2D eigenvalue weighted by Crippen LogP contribution is -2.44. The van der Waals surface area contributed by atoms with Gasteiger partial charge in [-0.05, 0) is 82.1 Å². The first-order valence-corrected chi connectivity index (χ1v) is 12.8. The molecule has 3 aliphatic carbocycles. The van der Waals surface area contributed by atoms with Crippen molar-refractivity contribution in [2.24, 2.45) is 21.0 Å². The summed E-state index contributed by atoms with van der Waals surface area (Å²) in [5.41, 5.74) is 8.97. The van der Waals surface area contributed by atoms with Gasteiger partial charge in [-0.1, -0.05) is 19.1 Å². The standard InChI is InChI=1S/C29H32N6/c1-19(2)32-24-15-21(26-7-5-22-14-20(17-30)18-31-35(22)26)4-6-23(24)25-16-27(34-33-25)29-11-8-28(3,9-12-29)10-13-29/h4-7,14-15,18-19,32H,8-13,16H2,1-3H3. The normalized spacial score (nSPS) is 25.6. The van der Waals surface area contributed by atoms with E-state index in [0.29, 0.717) is 17.0 Å². The topological polar surface area (TPSA) is 77.8 Å². The van der Waals surface area contributed by atoms with Crippen LogP contribution in [0.5, 0.6) is 0 Å². The molecular weight excluding hydrogens is 432 g/mol. The molecule has 0 spiro atoms.